The number of allylic oxidation sites excluding steroid dienone is 3. The predicted molar refractivity (Wildman–Crippen MR) is 119 cm³/mol. The number of ether oxygens (including phenoxy) is 3. The summed E-state index contributed by atoms with van der Waals surface area (Å²) >= 11 is 0. The Labute approximate surface area is 179 Å². The van der Waals surface area contributed by atoms with Crippen molar-refractivity contribution in [3.05, 3.63) is 50.1 Å². The zero-order chi connectivity index (χ0) is 23.6. The molecule has 7 nitrogen and oxygen atoms in total. The van der Waals surface area contributed by atoms with E-state index in [-0.39, 0.29) is 18.0 Å². The maximum Gasteiger partial charge on any atom is 0.334 e. The van der Waals surface area contributed by atoms with E-state index in [0.717, 1.165) is 16.7 Å². The number of methoxy groups -OCH3 is 2. The second-order valence-corrected chi connectivity index (χ2v) is 6.77. The maximum atomic E-state index is 12.8. The Morgan fingerprint density at radius 1 is 1.00 bits per heavy atom. The Hall–Kier alpha value is -2.83. The van der Waals surface area contributed by atoms with E-state index < -0.39 is 16.8 Å². The molecule has 0 aliphatic rings. The molecular formula is C23H35NO6. The van der Waals surface area contributed by atoms with Gasteiger partial charge in [-0.1, -0.05) is 30.6 Å². The molecule has 0 amide bonds. The summed E-state index contributed by atoms with van der Waals surface area (Å²) in [6.07, 6.45) is 0. The van der Waals surface area contributed by atoms with Crippen LogP contribution in [0.3, 0.4) is 0 Å². The summed E-state index contributed by atoms with van der Waals surface area (Å²) in [6.45, 7) is 15.2. The van der Waals surface area contributed by atoms with Crippen LogP contribution in [0.4, 0.5) is 5.69 Å². The van der Waals surface area contributed by atoms with Crippen LogP contribution < -0.4 is 9.47 Å². The molecule has 1 rings (SSSR count). The van der Waals surface area contributed by atoms with E-state index in [4.69, 9.17) is 14.2 Å². The molecule has 7 heteroatoms. The van der Waals surface area contributed by atoms with Crippen LogP contribution in [0.2, 0.25) is 0 Å². The quantitative estimate of drug-likeness (QED) is 0.169. The van der Waals surface area contributed by atoms with E-state index in [0.29, 0.717) is 16.9 Å². The number of hydrogen-bond donors (Lipinski definition) is 0. The first-order chi connectivity index (χ1) is 14.1. The van der Waals surface area contributed by atoms with Gasteiger partial charge >= 0.3 is 5.97 Å². The lowest BCUT2D eigenvalue weighted by atomic mass is 9.80. The van der Waals surface area contributed by atoms with Crippen molar-refractivity contribution < 1.29 is 23.9 Å². The number of hydrogen-bond acceptors (Lipinski definition) is 6. The third-order valence-electron chi connectivity index (χ3n) is 4.58. The largest absolute Gasteiger partial charge is 0.493 e. The zero-order valence-electron chi connectivity index (χ0n) is 19.8. The van der Waals surface area contributed by atoms with Gasteiger partial charge in [0.05, 0.1) is 31.8 Å². The summed E-state index contributed by atoms with van der Waals surface area (Å²) in [5.41, 5.74) is 3.11. The lowest BCUT2D eigenvalue weighted by Gasteiger charge is -2.24. The Kier molecular flexibility index (Phi) is 11.5. The minimum atomic E-state index is -0.644. The molecule has 168 valence electrons. The highest BCUT2D eigenvalue weighted by Crippen LogP contribution is 2.44. The highest BCUT2D eigenvalue weighted by molar-refractivity contribution is 5.92. The van der Waals surface area contributed by atoms with Crippen LogP contribution in [0.15, 0.2) is 34.4 Å². The van der Waals surface area contributed by atoms with Crippen molar-refractivity contribution in [3.8, 4) is 11.5 Å². The van der Waals surface area contributed by atoms with Crippen molar-refractivity contribution in [2.75, 3.05) is 20.8 Å². The Bertz CT molecular complexity index is 815. The van der Waals surface area contributed by atoms with Gasteiger partial charge in [-0.05, 0) is 47.6 Å². The SMILES string of the molecule is CC.CCOC(=O)C(=C(C)C)C(C(C)=C(C)C)c1cc(OC)c(OC)cc1[N+](=O)[O-]. The average molecular weight is 422 g/mol. The topological polar surface area (TPSA) is 87.9 Å². The molecule has 0 heterocycles. The molecule has 0 bridgehead atoms. The van der Waals surface area contributed by atoms with Crippen molar-refractivity contribution in [2.45, 2.75) is 61.3 Å². The summed E-state index contributed by atoms with van der Waals surface area (Å²) in [5.74, 6) is -0.528. The van der Waals surface area contributed by atoms with E-state index in [1.165, 1.54) is 20.3 Å². The number of rotatable bonds is 8. The number of carbonyl (C=O) groups is 1. The summed E-state index contributed by atoms with van der Waals surface area (Å²) in [4.78, 5) is 24.1. The highest BCUT2D eigenvalue weighted by atomic mass is 16.6. The standard InChI is InChI=1S/C21H29NO6.C2H6/c1-9-28-21(23)19(13(4)5)20(14(6)12(2)3)15-10-17(26-7)18(27-8)11-16(15)22(24)25;1-2/h10-11,20H,9H2,1-8H3;1-2H3. The third-order valence-corrected chi connectivity index (χ3v) is 4.58. The van der Waals surface area contributed by atoms with Gasteiger partial charge in [-0.25, -0.2) is 4.79 Å². The number of nitrogens with zero attached hydrogens (tertiary/aromatic N) is 1. The Morgan fingerprint density at radius 2 is 1.50 bits per heavy atom. The number of esters is 1. The molecule has 1 atom stereocenters. The fourth-order valence-corrected chi connectivity index (χ4v) is 2.99. The van der Waals surface area contributed by atoms with Crippen LogP contribution in [-0.2, 0) is 9.53 Å². The molecular weight excluding hydrogens is 386 g/mol. The normalized spacial score (nSPS) is 10.7. The van der Waals surface area contributed by atoms with Gasteiger partial charge in [0.25, 0.3) is 5.69 Å². The van der Waals surface area contributed by atoms with Gasteiger partial charge in [0.15, 0.2) is 11.5 Å². The molecule has 0 aliphatic heterocycles. The van der Waals surface area contributed by atoms with E-state index in [9.17, 15) is 14.9 Å². The first-order valence-electron chi connectivity index (χ1n) is 9.99. The van der Waals surface area contributed by atoms with Gasteiger partial charge < -0.3 is 14.2 Å². The van der Waals surface area contributed by atoms with Crippen molar-refractivity contribution in [1.82, 2.24) is 0 Å². The van der Waals surface area contributed by atoms with Gasteiger partial charge in [0.1, 0.15) is 0 Å². The lowest BCUT2D eigenvalue weighted by molar-refractivity contribution is -0.385. The molecule has 0 saturated carbocycles. The maximum absolute atomic E-state index is 12.8. The molecule has 30 heavy (non-hydrogen) atoms. The van der Waals surface area contributed by atoms with Crippen LogP contribution in [0.1, 0.15) is 66.9 Å². The summed E-state index contributed by atoms with van der Waals surface area (Å²) in [6, 6.07) is 2.89. The monoisotopic (exact) mass is 421 g/mol. The molecule has 0 aliphatic carbocycles. The van der Waals surface area contributed by atoms with Gasteiger partial charge in [0, 0.05) is 17.1 Å². The summed E-state index contributed by atoms with van der Waals surface area (Å²) < 4.78 is 15.8. The first kappa shape index (κ1) is 27.2. The van der Waals surface area contributed by atoms with Crippen LogP contribution in [0.25, 0.3) is 0 Å². The predicted octanol–water partition coefficient (Wildman–Crippen LogP) is 5.98. The van der Waals surface area contributed by atoms with Gasteiger partial charge in [-0.2, -0.15) is 0 Å². The van der Waals surface area contributed by atoms with E-state index >= 15 is 0 Å². The Balaban J connectivity index is 0.00000407. The zero-order valence-corrected chi connectivity index (χ0v) is 19.8. The van der Waals surface area contributed by atoms with Crippen LogP contribution in [-0.4, -0.2) is 31.7 Å². The minimum absolute atomic E-state index is 0.147. The van der Waals surface area contributed by atoms with Crippen molar-refractivity contribution in [2.24, 2.45) is 0 Å². The molecule has 1 unspecified atom stereocenters. The lowest BCUT2D eigenvalue weighted by Crippen LogP contribution is -2.19. The number of benzene rings is 1. The fraction of sp³-hybridized carbons (Fsp3) is 0.522. The minimum Gasteiger partial charge on any atom is -0.493 e. The van der Waals surface area contributed by atoms with Crippen LogP contribution in [0, 0.1) is 10.1 Å². The van der Waals surface area contributed by atoms with Crippen LogP contribution in [0.5, 0.6) is 11.5 Å². The van der Waals surface area contributed by atoms with E-state index in [2.05, 4.69) is 0 Å². The molecule has 0 N–H and O–H groups in total. The second-order valence-electron chi connectivity index (χ2n) is 6.77. The summed E-state index contributed by atoms with van der Waals surface area (Å²) in [5, 5.41) is 11.8. The molecule has 1 aromatic rings. The van der Waals surface area contributed by atoms with Crippen molar-refractivity contribution in [1.29, 1.82) is 0 Å². The Morgan fingerprint density at radius 3 is 1.87 bits per heavy atom. The van der Waals surface area contributed by atoms with E-state index in [1.54, 1.807) is 26.8 Å². The average Bonchev–Trinajstić information content (AvgIpc) is 2.71. The third kappa shape index (κ3) is 6.34. The molecule has 0 spiro atoms. The highest BCUT2D eigenvalue weighted by Gasteiger charge is 2.33. The van der Waals surface area contributed by atoms with Gasteiger partial charge in [-0.3, -0.25) is 10.1 Å². The van der Waals surface area contributed by atoms with Gasteiger partial charge in [-0.15, -0.1) is 0 Å². The molecule has 0 aromatic heterocycles. The number of carbonyl (C=O) groups excluding carboxylic acids is 1. The van der Waals surface area contributed by atoms with Crippen LogP contribution >= 0.6 is 0 Å². The second kappa shape index (κ2) is 12.7. The van der Waals surface area contributed by atoms with Crippen molar-refractivity contribution in [3.63, 3.8) is 0 Å². The number of nitro groups is 1. The summed E-state index contributed by atoms with van der Waals surface area (Å²) in [7, 11) is 2.88. The molecule has 0 radical (unpaired) electrons. The molecule has 0 fully saturated rings. The van der Waals surface area contributed by atoms with Gasteiger partial charge in [0.2, 0.25) is 0 Å². The number of nitro benzene ring substituents is 1. The van der Waals surface area contributed by atoms with Crippen molar-refractivity contribution >= 4 is 11.7 Å². The fourth-order valence-electron chi connectivity index (χ4n) is 2.99. The van der Waals surface area contributed by atoms with E-state index in [1.807, 2.05) is 34.6 Å². The molecule has 1 aromatic carbocycles. The molecule has 0 saturated heterocycles. The first-order valence-corrected chi connectivity index (χ1v) is 9.99. The smallest absolute Gasteiger partial charge is 0.334 e.